The lowest BCUT2D eigenvalue weighted by Crippen LogP contribution is -2.46. The van der Waals surface area contributed by atoms with E-state index in [1.165, 1.54) is 0 Å². The number of methoxy groups -OCH3 is 2. The number of likely N-dealkylation sites (tertiary alicyclic amines) is 1. The summed E-state index contributed by atoms with van der Waals surface area (Å²) in [6.07, 6.45) is 2.21. The van der Waals surface area contributed by atoms with E-state index in [2.05, 4.69) is 11.8 Å². The zero-order valence-electron chi connectivity index (χ0n) is 13.4. The van der Waals surface area contributed by atoms with Crippen molar-refractivity contribution in [3.63, 3.8) is 0 Å². The van der Waals surface area contributed by atoms with Crippen molar-refractivity contribution in [2.45, 2.75) is 38.8 Å². The molecule has 0 spiro atoms. The molecule has 1 aliphatic rings. The van der Waals surface area contributed by atoms with Gasteiger partial charge in [-0.25, -0.2) is 0 Å². The zero-order valence-corrected chi connectivity index (χ0v) is 13.4. The van der Waals surface area contributed by atoms with Gasteiger partial charge in [0.1, 0.15) is 5.75 Å². The van der Waals surface area contributed by atoms with Crippen LogP contribution in [0.25, 0.3) is 0 Å². The predicted molar refractivity (Wildman–Crippen MR) is 82.9 cm³/mol. The normalized spacial score (nSPS) is 23.0. The number of carbonyl (C=O) groups excluding carboxylic acids is 1. The summed E-state index contributed by atoms with van der Waals surface area (Å²) in [6, 6.07) is 5.64. The second-order valence-electron chi connectivity index (χ2n) is 6.05. The Bertz CT molecular complexity index is 515. The minimum absolute atomic E-state index is 0.0797. The first-order chi connectivity index (χ1) is 9.97. The van der Waals surface area contributed by atoms with Gasteiger partial charge in [-0.3, -0.25) is 9.69 Å². The average Bonchev–Trinajstić information content (AvgIpc) is 2.47. The van der Waals surface area contributed by atoms with Gasteiger partial charge < -0.3 is 9.47 Å². The van der Waals surface area contributed by atoms with Crippen molar-refractivity contribution in [3.8, 4) is 5.75 Å². The van der Waals surface area contributed by atoms with Crippen molar-refractivity contribution in [1.82, 2.24) is 4.90 Å². The number of nitrogens with zero attached hydrogens (tertiary/aromatic N) is 1. The van der Waals surface area contributed by atoms with Crippen LogP contribution in [0, 0.1) is 0 Å². The Labute approximate surface area is 127 Å². The van der Waals surface area contributed by atoms with Crippen molar-refractivity contribution in [3.05, 3.63) is 29.3 Å². The molecule has 0 N–H and O–H groups in total. The molecule has 2 rings (SSSR count). The Kier molecular flexibility index (Phi) is 5.01. The largest absolute Gasteiger partial charge is 0.496 e. The van der Waals surface area contributed by atoms with Crippen molar-refractivity contribution < 1.29 is 14.3 Å². The van der Waals surface area contributed by atoms with Gasteiger partial charge in [-0.2, -0.15) is 0 Å². The van der Waals surface area contributed by atoms with E-state index >= 15 is 0 Å². The highest BCUT2D eigenvalue weighted by Crippen LogP contribution is 2.28. The van der Waals surface area contributed by atoms with E-state index < -0.39 is 0 Å². The summed E-state index contributed by atoms with van der Waals surface area (Å²) in [7, 11) is 3.45. The minimum atomic E-state index is -0.0797. The molecule has 116 valence electrons. The van der Waals surface area contributed by atoms with Crippen LogP contribution in [0.15, 0.2) is 18.2 Å². The lowest BCUT2D eigenvalue weighted by molar-refractivity contribution is -0.0528. The van der Waals surface area contributed by atoms with Gasteiger partial charge >= 0.3 is 0 Å². The number of hydrogen-bond donors (Lipinski definition) is 0. The predicted octanol–water partition coefficient (Wildman–Crippen LogP) is 2.90. The maximum Gasteiger partial charge on any atom is 0.159 e. The van der Waals surface area contributed by atoms with Gasteiger partial charge in [-0.1, -0.05) is 0 Å². The van der Waals surface area contributed by atoms with Crippen LogP contribution in [0.1, 0.15) is 42.6 Å². The molecular formula is C17H25NO3. The first-order valence-electron chi connectivity index (χ1n) is 7.43. The topological polar surface area (TPSA) is 38.8 Å². The smallest absolute Gasteiger partial charge is 0.159 e. The van der Waals surface area contributed by atoms with Gasteiger partial charge in [0.15, 0.2) is 5.78 Å². The standard InChI is InChI=1S/C17H25NO3/c1-13(19)14-6-7-16(20-3)15(10-14)11-18-9-5-8-17(2,12-18)21-4/h6-7,10H,5,8-9,11-12H2,1-4H3. The number of rotatable bonds is 5. The second-order valence-corrected chi connectivity index (χ2v) is 6.05. The van der Waals surface area contributed by atoms with Crippen LogP contribution >= 0.6 is 0 Å². The van der Waals surface area contributed by atoms with Crippen molar-refractivity contribution >= 4 is 5.78 Å². The molecule has 0 aliphatic carbocycles. The molecule has 0 bridgehead atoms. The van der Waals surface area contributed by atoms with Crippen LogP contribution in [0.2, 0.25) is 0 Å². The van der Waals surface area contributed by atoms with E-state index in [9.17, 15) is 4.79 Å². The van der Waals surface area contributed by atoms with Crippen LogP contribution in [-0.2, 0) is 11.3 Å². The maximum absolute atomic E-state index is 11.6. The van der Waals surface area contributed by atoms with E-state index in [0.29, 0.717) is 0 Å². The van der Waals surface area contributed by atoms with Gasteiger partial charge in [0.2, 0.25) is 0 Å². The minimum Gasteiger partial charge on any atom is -0.496 e. The molecule has 1 aromatic rings. The Balaban J connectivity index is 2.18. The fourth-order valence-electron chi connectivity index (χ4n) is 2.97. The van der Waals surface area contributed by atoms with E-state index in [0.717, 1.165) is 49.4 Å². The summed E-state index contributed by atoms with van der Waals surface area (Å²) in [4.78, 5) is 13.9. The monoisotopic (exact) mass is 291 g/mol. The Hall–Kier alpha value is -1.39. The summed E-state index contributed by atoms with van der Waals surface area (Å²) in [5.41, 5.74) is 1.71. The average molecular weight is 291 g/mol. The molecule has 0 radical (unpaired) electrons. The first kappa shape index (κ1) is 16.0. The molecule has 0 aromatic heterocycles. The molecule has 4 heteroatoms. The number of benzene rings is 1. The molecule has 1 atom stereocenters. The summed E-state index contributed by atoms with van der Waals surface area (Å²) < 4.78 is 11.1. The fraction of sp³-hybridized carbons (Fsp3) is 0.588. The third-order valence-electron chi connectivity index (χ3n) is 4.31. The lowest BCUT2D eigenvalue weighted by atomic mass is 9.94. The first-order valence-corrected chi connectivity index (χ1v) is 7.43. The van der Waals surface area contributed by atoms with Gasteiger partial charge in [0.05, 0.1) is 12.7 Å². The highest BCUT2D eigenvalue weighted by Gasteiger charge is 2.30. The molecule has 1 unspecified atom stereocenters. The van der Waals surface area contributed by atoms with Gasteiger partial charge in [0.25, 0.3) is 0 Å². The molecular weight excluding hydrogens is 266 g/mol. The third-order valence-corrected chi connectivity index (χ3v) is 4.31. The van der Waals surface area contributed by atoms with Gasteiger partial charge in [0, 0.05) is 31.3 Å². The van der Waals surface area contributed by atoms with E-state index in [1.807, 2.05) is 18.2 Å². The van der Waals surface area contributed by atoms with Crippen molar-refractivity contribution in [2.75, 3.05) is 27.3 Å². The SMILES string of the molecule is COc1ccc(C(C)=O)cc1CN1CCCC(C)(OC)C1. The lowest BCUT2D eigenvalue weighted by Gasteiger charge is -2.39. The Morgan fingerprint density at radius 1 is 1.38 bits per heavy atom. The number of carbonyl (C=O) groups is 1. The number of ether oxygens (including phenoxy) is 2. The van der Waals surface area contributed by atoms with Crippen LogP contribution in [0.3, 0.4) is 0 Å². The number of Topliss-reactive ketones (excluding diaryl/α,β-unsaturated/α-hetero) is 1. The van der Waals surface area contributed by atoms with Crippen LogP contribution < -0.4 is 4.74 Å². The number of piperidine rings is 1. The van der Waals surface area contributed by atoms with Crippen LogP contribution in [0.5, 0.6) is 5.75 Å². The Morgan fingerprint density at radius 2 is 2.14 bits per heavy atom. The van der Waals surface area contributed by atoms with Crippen LogP contribution in [0.4, 0.5) is 0 Å². The van der Waals surface area contributed by atoms with Gasteiger partial charge in [-0.15, -0.1) is 0 Å². The number of hydrogen-bond acceptors (Lipinski definition) is 4. The molecule has 0 saturated carbocycles. The molecule has 1 fully saturated rings. The molecule has 1 heterocycles. The van der Waals surface area contributed by atoms with E-state index in [1.54, 1.807) is 21.1 Å². The molecule has 1 aliphatic heterocycles. The molecule has 21 heavy (non-hydrogen) atoms. The second kappa shape index (κ2) is 6.58. The Morgan fingerprint density at radius 3 is 2.76 bits per heavy atom. The summed E-state index contributed by atoms with van der Waals surface area (Å²) in [6.45, 7) is 6.48. The summed E-state index contributed by atoms with van der Waals surface area (Å²) >= 11 is 0. The van der Waals surface area contributed by atoms with E-state index in [4.69, 9.17) is 9.47 Å². The van der Waals surface area contributed by atoms with Gasteiger partial charge in [-0.05, 0) is 51.4 Å². The molecule has 1 saturated heterocycles. The van der Waals surface area contributed by atoms with Crippen molar-refractivity contribution in [2.24, 2.45) is 0 Å². The summed E-state index contributed by atoms with van der Waals surface area (Å²) in [5.74, 6) is 0.920. The fourth-order valence-corrected chi connectivity index (χ4v) is 2.97. The number of ketones is 1. The van der Waals surface area contributed by atoms with E-state index in [-0.39, 0.29) is 11.4 Å². The summed E-state index contributed by atoms with van der Waals surface area (Å²) in [5, 5.41) is 0. The van der Waals surface area contributed by atoms with Crippen molar-refractivity contribution in [1.29, 1.82) is 0 Å². The molecule has 4 nitrogen and oxygen atoms in total. The highest BCUT2D eigenvalue weighted by molar-refractivity contribution is 5.94. The molecule has 1 aromatic carbocycles. The maximum atomic E-state index is 11.6. The van der Waals surface area contributed by atoms with Crippen LogP contribution in [-0.4, -0.2) is 43.6 Å². The highest BCUT2D eigenvalue weighted by atomic mass is 16.5. The third kappa shape index (κ3) is 3.83. The molecule has 0 amide bonds. The zero-order chi connectivity index (χ0) is 15.5. The quantitative estimate of drug-likeness (QED) is 0.782.